The van der Waals surface area contributed by atoms with Crippen LogP contribution in [-0.4, -0.2) is 53.5 Å². The van der Waals surface area contributed by atoms with Crippen LogP contribution in [-0.2, 0) is 19.4 Å². The Bertz CT molecular complexity index is 1020. The van der Waals surface area contributed by atoms with Gasteiger partial charge in [-0.15, -0.1) is 0 Å². The van der Waals surface area contributed by atoms with E-state index in [1.165, 1.54) is 5.01 Å². The van der Waals surface area contributed by atoms with E-state index < -0.39 is 15.9 Å². The molecule has 8 nitrogen and oxygen atoms in total. The first-order valence-corrected chi connectivity index (χ1v) is 10.2. The maximum atomic E-state index is 12.5. The first kappa shape index (κ1) is 16.8. The molecular formula is C17H18N4O4S. The Kier molecular flexibility index (Phi) is 4.03. The predicted octanol–water partition coefficient (Wildman–Crippen LogP) is 1.27. The molecule has 0 bridgehead atoms. The molecule has 3 heterocycles. The number of rotatable bonds is 3. The normalized spacial score (nSPS) is 22.5. The third-order valence-corrected chi connectivity index (χ3v) is 6.44. The number of carbonyl (C=O) groups is 2. The molecule has 2 aliphatic rings. The van der Waals surface area contributed by atoms with E-state index in [9.17, 15) is 18.0 Å². The minimum atomic E-state index is -3.14. The number of hydrogen-bond donors (Lipinski definition) is 2. The summed E-state index contributed by atoms with van der Waals surface area (Å²) in [5, 5.41) is 9.20. The SMILES string of the molecule is O=C(Nc1ccc2cc[nH]c2c1)C1=NN([C@@H]2CCS(=O)(=O)C2)C(=O)CC1. The summed E-state index contributed by atoms with van der Waals surface area (Å²) in [5.41, 5.74) is 1.77. The maximum Gasteiger partial charge on any atom is 0.271 e. The zero-order valence-corrected chi connectivity index (χ0v) is 14.8. The number of amides is 2. The molecule has 2 N–H and O–H groups in total. The molecule has 1 aromatic heterocycles. The average molecular weight is 374 g/mol. The van der Waals surface area contributed by atoms with Crippen LogP contribution in [0.4, 0.5) is 5.69 Å². The van der Waals surface area contributed by atoms with Crippen molar-refractivity contribution in [2.75, 3.05) is 16.8 Å². The predicted molar refractivity (Wildman–Crippen MR) is 97.5 cm³/mol. The molecule has 1 atom stereocenters. The molecule has 9 heteroatoms. The van der Waals surface area contributed by atoms with Crippen LogP contribution in [0.3, 0.4) is 0 Å². The lowest BCUT2D eigenvalue weighted by molar-refractivity contribution is -0.133. The van der Waals surface area contributed by atoms with Gasteiger partial charge in [-0.3, -0.25) is 9.59 Å². The van der Waals surface area contributed by atoms with E-state index in [0.29, 0.717) is 12.1 Å². The van der Waals surface area contributed by atoms with Crippen molar-refractivity contribution in [1.82, 2.24) is 9.99 Å². The highest BCUT2D eigenvalue weighted by molar-refractivity contribution is 7.91. The molecule has 1 saturated heterocycles. The summed E-state index contributed by atoms with van der Waals surface area (Å²) in [4.78, 5) is 27.7. The maximum absolute atomic E-state index is 12.5. The van der Waals surface area contributed by atoms with Crippen LogP contribution in [0.25, 0.3) is 10.9 Å². The van der Waals surface area contributed by atoms with Crippen molar-refractivity contribution in [2.24, 2.45) is 5.10 Å². The monoisotopic (exact) mass is 374 g/mol. The van der Waals surface area contributed by atoms with E-state index in [0.717, 1.165) is 10.9 Å². The second-order valence-electron chi connectivity index (χ2n) is 6.58. The molecule has 0 unspecified atom stereocenters. The van der Waals surface area contributed by atoms with Crippen molar-refractivity contribution in [1.29, 1.82) is 0 Å². The Balaban J connectivity index is 1.52. The molecule has 2 amide bonds. The molecule has 2 aliphatic heterocycles. The molecule has 4 rings (SSSR count). The molecular weight excluding hydrogens is 356 g/mol. The number of fused-ring (bicyclic) bond motifs is 1. The van der Waals surface area contributed by atoms with Gasteiger partial charge in [-0.05, 0) is 30.0 Å². The number of benzene rings is 1. The number of aromatic nitrogens is 1. The van der Waals surface area contributed by atoms with Crippen LogP contribution < -0.4 is 5.32 Å². The smallest absolute Gasteiger partial charge is 0.271 e. The van der Waals surface area contributed by atoms with Crippen LogP contribution in [0.15, 0.2) is 35.6 Å². The minimum absolute atomic E-state index is 0.0503. The highest BCUT2D eigenvalue weighted by Gasteiger charge is 2.37. The van der Waals surface area contributed by atoms with Crippen molar-refractivity contribution in [2.45, 2.75) is 25.3 Å². The number of sulfone groups is 1. The largest absolute Gasteiger partial charge is 0.361 e. The van der Waals surface area contributed by atoms with E-state index in [1.54, 1.807) is 6.07 Å². The summed E-state index contributed by atoms with van der Waals surface area (Å²) in [5.74, 6) is -0.666. The summed E-state index contributed by atoms with van der Waals surface area (Å²) in [7, 11) is -3.14. The van der Waals surface area contributed by atoms with E-state index in [2.05, 4.69) is 15.4 Å². The van der Waals surface area contributed by atoms with Crippen LogP contribution in [0.5, 0.6) is 0 Å². The molecule has 26 heavy (non-hydrogen) atoms. The molecule has 0 spiro atoms. The van der Waals surface area contributed by atoms with Crippen LogP contribution in [0.1, 0.15) is 19.3 Å². The Morgan fingerprint density at radius 1 is 1.27 bits per heavy atom. The summed E-state index contributed by atoms with van der Waals surface area (Å²) in [6.07, 6.45) is 2.57. The van der Waals surface area contributed by atoms with Gasteiger partial charge >= 0.3 is 0 Å². The van der Waals surface area contributed by atoms with Crippen molar-refractivity contribution >= 4 is 44.0 Å². The first-order valence-electron chi connectivity index (χ1n) is 8.40. The van der Waals surface area contributed by atoms with Crippen molar-refractivity contribution in [3.05, 3.63) is 30.5 Å². The van der Waals surface area contributed by atoms with Gasteiger partial charge in [-0.1, -0.05) is 6.07 Å². The van der Waals surface area contributed by atoms with Gasteiger partial charge in [0, 0.05) is 30.2 Å². The standard InChI is InChI=1S/C17H18N4O4S/c22-16-4-3-14(20-21(16)13-6-8-26(24,25)10-13)17(23)19-12-2-1-11-5-7-18-15(11)9-12/h1-2,5,7,9,13,18H,3-4,6,8,10H2,(H,19,23)/t13-/m1/s1. The number of anilines is 1. The average Bonchev–Trinajstić information content (AvgIpc) is 3.20. The van der Waals surface area contributed by atoms with Gasteiger partial charge < -0.3 is 10.3 Å². The molecule has 2 aromatic rings. The molecule has 0 radical (unpaired) electrons. The van der Waals surface area contributed by atoms with Gasteiger partial charge in [0.2, 0.25) is 5.91 Å². The Labute approximate surface area is 150 Å². The third kappa shape index (κ3) is 3.22. The number of nitrogens with one attached hydrogen (secondary N) is 2. The summed E-state index contributed by atoms with van der Waals surface area (Å²) in [6.45, 7) is 0. The fourth-order valence-corrected chi connectivity index (χ4v) is 5.01. The summed E-state index contributed by atoms with van der Waals surface area (Å²) in [6, 6.07) is 6.97. The lowest BCUT2D eigenvalue weighted by Crippen LogP contribution is -2.42. The molecule has 1 fully saturated rings. The number of hydrazone groups is 1. The van der Waals surface area contributed by atoms with Gasteiger partial charge in [0.05, 0.1) is 17.5 Å². The molecule has 0 aliphatic carbocycles. The highest BCUT2D eigenvalue weighted by Crippen LogP contribution is 2.23. The van der Waals surface area contributed by atoms with Gasteiger partial charge in [0.25, 0.3) is 5.91 Å². The van der Waals surface area contributed by atoms with E-state index in [-0.39, 0.29) is 41.9 Å². The quantitative estimate of drug-likeness (QED) is 0.842. The summed E-state index contributed by atoms with van der Waals surface area (Å²) < 4.78 is 23.3. The van der Waals surface area contributed by atoms with Gasteiger partial charge in [-0.25, -0.2) is 13.4 Å². The number of hydrogen-bond acceptors (Lipinski definition) is 5. The van der Waals surface area contributed by atoms with Crippen molar-refractivity contribution < 1.29 is 18.0 Å². The Morgan fingerprint density at radius 2 is 2.12 bits per heavy atom. The molecule has 0 saturated carbocycles. The lowest BCUT2D eigenvalue weighted by atomic mass is 10.1. The van der Waals surface area contributed by atoms with Crippen LogP contribution in [0.2, 0.25) is 0 Å². The Hall–Kier alpha value is -2.68. The molecule has 136 valence electrons. The minimum Gasteiger partial charge on any atom is -0.361 e. The topological polar surface area (TPSA) is 112 Å². The zero-order valence-electron chi connectivity index (χ0n) is 13.9. The number of carbonyl (C=O) groups excluding carboxylic acids is 2. The van der Waals surface area contributed by atoms with E-state index in [1.807, 2.05) is 24.4 Å². The Morgan fingerprint density at radius 3 is 2.88 bits per heavy atom. The fraction of sp³-hybridized carbons (Fsp3) is 0.353. The van der Waals surface area contributed by atoms with E-state index >= 15 is 0 Å². The number of nitrogens with zero attached hydrogens (tertiary/aromatic N) is 2. The fourth-order valence-electron chi connectivity index (χ4n) is 3.32. The van der Waals surface area contributed by atoms with Gasteiger partial charge in [0.15, 0.2) is 9.84 Å². The zero-order chi connectivity index (χ0) is 18.3. The van der Waals surface area contributed by atoms with Crippen molar-refractivity contribution in [3.8, 4) is 0 Å². The second-order valence-corrected chi connectivity index (χ2v) is 8.80. The van der Waals surface area contributed by atoms with Gasteiger partial charge in [-0.2, -0.15) is 5.10 Å². The number of H-pyrrole nitrogens is 1. The van der Waals surface area contributed by atoms with Crippen LogP contribution >= 0.6 is 0 Å². The summed E-state index contributed by atoms with van der Waals surface area (Å²) >= 11 is 0. The first-order chi connectivity index (χ1) is 12.4. The second kappa shape index (κ2) is 6.24. The third-order valence-electron chi connectivity index (χ3n) is 4.69. The number of aromatic amines is 1. The lowest BCUT2D eigenvalue weighted by Gasteiger charge is -2.27. The van der Waals surface area contributed by atoms with Crippen LogP contribution in [0, 0.1) is 0 Å². The highest BCUT2D eigenvalue weighted by atomic mass is 32.2. The van der Waals surface area contributed by atoms with Gasteiger partial charge in [0.1, 0.15) is 5.71 Å². The molecule has 1 aromatic carbocycles. The van der Waals surface area contributed by atoms with Crippen molar-refractivity contribution in [3.63, 3.8) is 0 Å². The van der Waals surface area contributed by atoms with E-state index in [4.69, 9.17) is 0 Å².